The van der Waals surface area contributed by atoms with Crippen molar-refractivity contribution in [3.63, 3.8) is 0 Å². The van der Waals surface area contributed by atoms with Crippen molar-refractivity contribution >= 4 is 5.69 Å². The molecule has 1 aromatic rings. The van der Waals surface area contributed by atoms with Gasteiger partial charge in [-0.05, 0) is 6.07 Å². The van der Waals surface area contributed by atoms with Crippen LogP contribution in [-0.4, -0.2) is 13.7 Å². The molecule has 12 heavy (non-hydrogen) atoms. The number of rotatable bonds is 1. The zero-order valence-electron chi connectivity index (χ0n) is 6.80. The van der Waals surface area contributed by atoms with Gasteiger partial charge in [0.1, 0.15) is 11.9 Å². The SMILES string of the molecule is COc1cccc2c1NCC2F. The van der Waals surface area contributed by atoms with Crippen LogP contribution in [0.5, 0.6) is 5.75 Å². The Hall–Kier alpha value is -1.25. The van der Waals surface area contributed by atoms with Crippen molar-refractivity contribution in [3.8, 4) is 5.75 Å². The summed E-state index contributed by atoms with van der Waals surface area (Å²) in [7, 11) is 1.59. The molecule has 2 nitrogen and oxygen atoms in total. The topological polar surface area (TPSA) is 21.3 Å². The molecule has 0 amide bonds. The summed E-state index contributed by atoms with van der Waals surface area (Å²) in [4.78, 5) is 0. The van der Waals surface area contributed by atoms with Gasteiger partial charge in [-0.2, -0.15) is 0 Å². The maximum atomic E-state index is 13.1. The number of methoxy groups -OCH3 is 1. The Morgan fingerprint density at radius 1 is 1.58 bits per heavy atom. The number of para-hydroxylation sites is 1. The number of nitrogens with one attached hydrogen (secondary N) is 1. The van der Waals surface area contributed by atoms with Crippen LogP contribution in [0.4, 0.5) is 10.1 Å². The fourth-order valence-electron chi connectivity index (χ4n) is 1.47. The standard InChI is InChI=1S/C9H10FNO/c1-12-8-4-2-3-6-7(10)5-11-9(6)8/h2-4,7,11H,5H2,1H3. The molecule has 0 saturated carbocycles. The monoisotopic (exact) mass is 167 g/mol. The quantitative estimate of drug-likeness (QED) is 0.691. The van der Waals surface area contributed by atoms with Gasteiger partial charge in [-0.3, -0.25) is 0 Å². The molecule has 1 unspecified atom stereocenters. The van der Waals surface area contributed by atoms with Crippen LogP contribution in [0.25, 0.3) is 0 Å². The van der Waals surface area contributed by atoms with Crippen molar-refractivity contribution < 1.29 is 9.13 Å². The van der Waals surface area contributed by atoms with Crippen molar-refractivity contribution in [2.75, 3.05) is 19.0 Å². The lowest BCUT2D eigenvalue weighted by Crippen LogP contribution is -1.95. The van der Waals surface area contributed by atoms with Crippen molar-refractivity contribution in [2.24, 2.45) is 0 Å². The fraction of sp³-hybridized carbons (Fsp3) is 0.333. The van der Waals surface area contributed by atoms with Crippen LogP contribution in [-0.2, 0) is 0 Å². The van der Waals surface area contributed by atoms with Gasteiger partial charge in [-0.25, -0.2) is 4.39 Å². The number of ether oxygens (including phenoxy) is 1. The maximum absolute atomic E-state index is 13.1. The highest BCUT2D eigenvalue weighted by molar-refractivity contribution is 5.66. The van der Waals surface area contributed by atoms with E-state index in [2.05, 4.69) is 5.32 Å². The van der Waals surface area contributed by atoms with Crippen molar-refractivity contribution in [3.05, 3.63) is 23.8 Å². The van der Waals surface area contributed by atoms with Crippen molar-refractivity contribution in [1.82, 2.24) is 0 Å². The molecule has 3 heteroatoms. The van der Waals surface area contributed by atoms with E-state index in [1.807, 2.05) is 6.07 Å². The van der Waals surface area contributed by atoms with Gasteiger partial charge in [-0.15, -0.1) is 0 Å². The van der Waals surface area contributed by atoms with Crippen LogP contribution >= 0.6 is 0 Å². The lowest BCUT2D eigenvalue weighted by molar-refractivity contribution is 0.373. The number of benzene rings is 1. The number of hydrogen-bond acceptors (Lipinski definition) is 2. The smallest absolute Gasteiger partial charge is 0.144 e. The minimum atomic E-state index is -0.893. The molecule has 1 aliphatic rings. The average molecular weight is 167 g/mol. The number of alkyl halides is 1. The molecule has 2 rings (SSSR count). The van der Waals surface area contributed by atoms with E-state index in [1.54, 1.807) is 19.2 Å². The molecular weight excluding hydrogens is 157 g/mol. The summed E-state index contributed by atoms with van der Waals surface area (Å²) in [6.45, 7) is 0.357. The van der Waals surface area contributed by atoms with E-state index < -0.39 is 6.17 Å². The third-order valence-electron chi connectivity index (χ3n) is 2.07. The largest absolute Gasteiger partial charge is 0.495 e. The number of halogens is 1. The van der Waals surface area contributed by atoms with E-state index in [0.29, 0.717) is 17.9 Å². The molecule has 0 fully saturated rings. The highest BCUT2D eigenvalue weighted by atomic mass is 19.1. The van der Waals surface area contributed by atoms with Gasteiger partial charge in [0.25, 0.3) is 0 Å². The summed E-state index contributed by atoms with van der Waals surface area (Å²) in [6.07, 6.45) is -0.893. The molecule has 64 valence electrons. The Morgan fingerprint density at radius 3 is 3.17 bits per heavy atom. The van der Waals surface area contributed by atoms with Gasteiger partial charge in [-0.1, -0.05) is 12.1 Å². The van der Waals surface area contributed by atoms with Crippen LogP contribution in [0.15, 0.2) is 18.2 Å². The van der Waals surface area contributed by atoms with Gasteiger partial charge in [0, 0.05) is 5.56 Å². The van der Waals surface area contributed by atoms with E-state index in [1.165, 1.54) is 0 Å². The minimum Gasteiger partial charge on any atom is -0.495 e. The molecule has 1 aromatic carbocycles. The second-order valence-corrected chi connectivity index (χ2v) is 2.77. The molecular formula is C9H10FNO. The molecule has 0 radical (unpaired) electrons. The Balaban J connectivity index is 2.50. The third-order valence-corrected chi connectivity index (χ3v) is 2.07. The van der Waals surface area contributed by atoms with E-state index in [-0.39, 0.29) is 0 Å². The summed E-state index contributed by atoms with van der Waals surface area (Å²) in [6, 6.07) is 5.41. The number of hydrogen-bond donors (Lipinski definition) is 1. The van der Waals surface area contributed by atoms with Gasteiger partial charge in [0.05, 0.1) is 19.3 Å². The first-order chi connectivity index (χ1) is 5.83. The first-order valence-electron chi connectivity index (χ1n) is 3.88. The molecule has 0 bridgehead atoms. The molecule has 0 spiro atoms. The van der Waals surface area contributed by atoms with E-state index in [4.69, 9.17) is 4.74 Å². The molecule has 1 heterocycles. The summed E-state index contributed by atoms with van der Waals surface area (Å²) in [5.74, 6) is 0.715. The first kappa shape index (κ1) is 7.40. The highest BCUT2D eigenvalue weighted by Crippen LogP contribution is 2.38. The normalized spacial score (nSPS) is 20.0. The Kier molecular flexibility index (Phi) is 1.64. The molecule has 1 aliphatic heterocycles. The van der Waals surface area contributed by atoms with Crippen LogP contribution in [0.3, 0.4) is 0 Å². The third kappa shape index (κ3) is 0.932. The first-order valence-corrected chi connectivity index (χ1v) is 3.88. The van der Waals surface area contributed by atoms with Gasteiger partial charge >= 0.3 is 0 Å². The summed E-state index contributed by atoms with van der Waals surface area (Å²) in [5, 5.41) is 2.97. The second-order valence-electron chi connectivity index (χ2n) is 2.77. The predicted octanol–water partition coefficient (Wildman–Crippen LogP) is 2.13. The van der Waals surface area contributed by atoms with Gasteiger partial charge in [0.2, 0.25) is 0 Å². The molecule has 1 N–H and O–H groups in total. The number of fused-ring (bicyclic) bond motifs is 1. The van der Waals surface area contributed by atoms with E-state index in [9.17, 15) is 4.39 Å². The molecule has 0 aliphatic carbocycles. The maximum Gasteiger partial charge on any atom is 0.144 e. The highest BCUT2D eigenvalue weighted by Gasteiger charge is 2.23. The van der Waals surface area contributed by atoms with Crippen molar-refractivity contribution in [2.45, 2.75) is 6.17 Å². The predicted molar refractivity (Wildman–Crippen MR) is 45.3 cm³/mol. The molecule has 1 atom stereocenters. The Labute approximate surface area is 70.3 Å². The zero-order chi connectivity index (χ0) is 8.55. The number of anilines is 1. The zero-order valence-corrected chi connectivity index (χ0v) is 6.80. The van der Waals surface area contributed by atoms with E-state index in [0.717, 1.165) is 5.69 Å². The summed E-state index contributed by atoms with van der Waals surface area (Å²) in [5.41, 5.74) is 1.50. The molecule has 0 saturated heterocycles. The lowest BCUT2D eigenvalue weighted by atomic mass is 10.1. The van der Waals surface area contributed by atoms with Gasteiger partial charge in [0.15, 0.2) is 0 Å². The Morgan fingerprint density at radius 2 is 2.42 bits per heavy atom. The Bertz CT molecular complexity index is 301. The van der Waals surface area contributed by atoms with Crippen molar-refractivity contribution in [1.29, 1.82) is 0 Å². The van der Waals surface area contributed by atoms with Crippen LogP contribution in [0.2, 0.25) is 0 Å². The second kappa shape index (κ2) is 2.66. The summed E-state index contributed by atoms with van der Waals surface area (Å²) >= 11 is 0. The van der Waals surface area contributed by atoms with Gasteiger partial charge < -0.3 is 10.1 Å². The van der Waals surface area contributed by atoms with Crippen LogP contribution < -0.4 is 10.1 Å². The lowest BCUT2D eigenvalue weighted by Gasteiger charge is -2.05. The minimum absolute atomic E-state index is 0.357. The average Bonchev–Trinajstić information content (AvgIpc) is 2.48. The van der Waals surface area contributed by atoms with Crippen LogP contribution in [0, 0.1) is 0 Å². The summed E-state index contributed by atoms with van der Waals surface area (Å²) < 4.78 is 18.2. The fourth-order valence-corrected chi connectivity index (χ4v) is 1.47. The van der Waals surface area contributed by atoms with E-state index >= 15 is 0 Å². The van der Waals surface area contributed by atoms with Crippen LogP contribution in [0.1, 0.15) is 11.7 Å². The molecule has 0 aromatic heterocycles.